The standard InChI is InChI=1S/C24H25ClN2O6S/c1-4-31-17-9-7-16(8-10-17)26-22(28)14-27-23(29)21(34-24(27)30)12-15-11-19(32-5-2)20(33-6-3)13-18(15)25/h7-13H,4-6,14H2,1-3H3,(H,26,28)/b21-12+. The van der Waals surface area contributed by atoms with Gasteiger partial charge in [-0.05, 0) is 74.5 Å². The Labute approximate surface area is 207 Å². The normalized spacial score (nSPS) is 14.5. The number of amides is 3. The summed E-state index contributed by atoms with van der Waals surface area (Å²) in [4.78, 5) is 38.8. The second kappa shape index (κ2) is 11.8. The molecule has 1 aliphatic heterocycles. The smallest absolute Gasteiger partial charge is 0.294 e. The number of nitrogens with one attached hydrogen (secondary N) is 1. The molecule has 0 unspecified atom stereocenters. The van der Waals surface area contributed by atoms with Gasteiger partial charge in [-0.25, -0.2) is 0 Å². The number of rotatable bonds is 10. The molecule has 0 spiro atoms. The zero-order valence-corrected chi connectivity index (χ0v) is 20.6. The average molecular weight is 505 g/mol. The first-order valence-electron chi connectivity index (χ1n) is 10.7. The molecular weight excluding hydrogens is 480 g/mol. The lowest BCUT2D eigenvalue weighted by molar-refractivity contribution is -0.127. The highest BCUT2D eigenvalue weighted by Crippen LogP contribution is 2.38. The maximum Gasteiger partial charge on any atom is 0.294 e. The minimum atomic E-state index is -0.570. The number of hydrogen-bond acceptors (Lipinski definition) is 7. The second-order valence-corrected chi connectivity index (χ2v) is 8.36. The number of ether oxygens (including phenoxy) is 3. The number of imide groups is 1. The third kappa shape index (κ3) is 6.24. The van der Waals surface area contributed by atoms with Crippen LogP contribution in [-0.2, 0) is 9.59 Å². The molecule has 2 aromatic carbocycles. The Morgan fingerprint density at radius 3 is 2.24 bits per heavy atom. The van der Waals surface area contributed by atoms with Crippen LogP contribution in [0, 0.1) is 0 Å². The van der Waals surface area contributed by atoms with E-state index in [0.717, 1.165) is 16.7 Å². The Kier molecular flexibility index (Phi) is 8.84. The zero-order chi connectivity index (χ0) is 24.7. The molecule has 180 valence electrons. The van der Waals surface area contributed by atoms with E-state index in [9.17, 15) is 14.4 Å². The van der Waals surface area contributed by atoms with Crippen LogP contribution < -0.4 is 19.5 Å². The predicted molar refractivity (Wildman–Crippen MR) is 133 cm³/mol. The fourth-order valence-electron chi connectivity index (χ4n) is 3.12. The van der Waals surface area contributed by atoms with Crippen LogP contribution in [0.1, 0.15) is 26.3 Å². The van der Waals surface area contributed by atoms with Gasteiger partial charge in [0.25, 0.3) is 11.1 Å². The van der Waals surface area contributed by atoms with Gasteiger partial charge in [0.2, 0.25) is 5.91 Å². The van der Waals surface area contributed by atoms with Crippen LogP contribution in [-0.4, -0.2) is 48.3 Å². The summed E-state index contributed by atoms with van der Waals surface area (Å²) in [6, 6.07) is 10.1. The summed E-state index contributed by atoms with van der Waals surface area (Å²) < 4.78 is 16.5. The Morgan fingerprint density at radius 1 is 1.00 bits per heavy atom. The van der Waals surface area contributed by atoms with Gasteiger partial charge in [0.15, 0.2) is 11.5 Å². The van der Waals surface area contributed by atoms with Crippen molar-refractivity contribution in [3.05, 3.63) is 51.9 Å². The molecule has 1 aliphatic rings. The third-order valence-corrected chi connectivity index (χ3v) is 5.81. The van der Waals surface area contributed by atoms with Gasteiger partial charge in [0.05, 0.1) is 29.7 Å². The molecule has 0 saturated carbocycles. The number of halogens is 1. The maximum atomic E-state index is 12.8. The van der Waals surface area contributed by atoms with Crippen molar-refractivity contribution in [3.8, 4) is 17.2 Å². The van der Waals surface area contributed by atoms with Crippen molar-refractivity contribution in [1.29, 1.82) is 0 Å². The highest BCUT2D eigenvalue weighted by Gasteiger charge is 2.36. The van der Waals surface area contributed by atoms with Crippen LogP contribution in [0.3, 0.4) is 0 Å². The van der Waals surface area contributed by atoms with Crippen molar-refractivity contribution in [1.82, 2.24) is 4.90 Å². The lowest BCUT2D eigenvalue weighted by Crippen LogP contribution is -2.36. The van der Waals surface area contributed by atoms with Gasteiger partial charge in [0.1, 0.15) is 12.3 Å². The van der Waals surface area contributed by atoms with E-state index in [4.69, 9.17) is 25.8 Å². The monoisotopic (exact) mass is 504 g/mol. The van der Waals surface area contributed by atoms with Gasteiger partial charge in [-0.15, -0.1) is 0 Å². The summed E-state index contributed by atoms with van der Waals surface area (Å²) in [6.45, 7) is 6.55. The largest absolute Gasteiger partial charge is 0.494 e. The van der Waals surface area contributed by atoms with Crippen molar-refractivity contribution in [3.63, 3.8) is 0 Å². The van der Waals surface area contributed by atoms with Crippen LogP contribution in [0.2, 0.25) is 5.02 Å². The molecule has 0 radical (unpaired) electrons. The summed E-state index contributed by atoms with van der Waals surface area (Å²) in [5.74, 6) is 0.585. The molecule has 10 heteroatoms. The number of thioether (sulfide) groups is 1. The molecule has 1 saturated heterocycles. The average Bonchev–Trinajstić information content (AvgIpc) is 3.06. The first-order valence-corrected chi connectivity index (χ1v) is 11.9. The Balaban J connectivity index is 1.72. The van der Waals surface area contributed by atoms with Crippen molar-refractivity contribution in [2.45, 2.75) is 20.8 Å². The van der Waals surface area contributed by atoms with Crippen molar-refractivity contribution >= 4 is 52.2 Å². The van der Waals surface area contributed by atoms with E-state index in [2.05, 4.69) is 5.32 Å². The molecule has 1 N–H and O–H groups in total. The van der Waals surface area contributed by atoms with Crippen molar-refractivity contribution in [2.24, 2.45) is 0 Å². The Bertz CT molecular complexity index is 1100. The van der Waals surface area contributed by atoms with Gasteiger partial charge in [-0.1, -0.05) is 11.6 Å². The minimum Gasteiger partial charge on any atom is -0.494 e. The quantitative estimate of drug-likeness (QED) is 0.444. The predicted octanol–water partition coefficient (Wildman–Crippen LogP) is 5.21. The van der Waals surface area contributed by atoms with Gasteiger partial charge in [-0.2, -0.15) is 0 Å². The fourth-order valence-corrected chi connectivity index (χ4v) is 4.16. The van der Waals surface area contributed by atoms with E-state index in [1.165, 1.54) is 6.08 Å². The molecule has 34 heavy (non-hydrogen) atoms. The Morgan fingerprint density at radius 2 is 1.62 bits per heavy atom. The van der Waals surface area contributed by atoms with E-state index in [1.54, 1.807) is 36.4 Å². The molecular formula is C24H25ClN2O6S. The fraction of sp³-hybridized carbons (Fsp3) is 0.292. The molecule has 0 bridgehead atoms. The van der Waals surface area contributed by atoms with E-state index in [-0.39, 0.29) is 4.91 Å². The number of hydrogen-bond donors (Lipinski definition) is 1. The van der Waals surface area contributed by atoms with Gasteiger partial charge in [-0.3, -0.25) is 19.3 Å². The van der Waals surface area contributed by atoms with E-state index in [0.29, 0.717) is 53.3 Å². The summed E-state index contributed by atoms with van der Waals surface area (Å²) >= 11 is 7.12. The van der Waals surface area contributed by atoms with E-state index >= 15 is 0 Å². The van der Waals surface area contributed by atoms with Gasteiger partial charge < -0.3 is 19.5 Å². The number of nitrogens with zero attached hydrogens (tertiary/aromatic N) is 1. The zero-order valence-electron chi connectivity index (χ0n) is 19.1. The number of benzene rings is 2. The highest BCUT2D eigenvalue weighted by molar-refractivity contribution is 8.18. The summed E-state index contributed by atoms with van der Waals surface area (Å²) in [6.07, 6.45) is 1.51. The van der Waals surface area contributed by atoms with E-state index in [1.807, 2.05) is 20.8 Å². The first kappa shape index (κ1) is 25.5. The molecule has 0 atom stereocenters. The van der Waals surface area contributed by atoms with Gasteiger partial charge >= 0.3 is 0 Å². The third-order valence-electron chi connectivity index (χ3n) is 4.57. The molecule has 2 aromatic rings. The molecule has 3 rings (SSSR count). The molecule has 0 aliphatic carbocycles. The SMILES string of the molecule is CCOc1ccc(NC(=O)CN2C(=O)S/C(=C/c3cc(OCC)c(OCC)cc3Cl)C2=O)cc1. The first-order chi connectivity index (χ1) is 16.4. The van der Waals surface area contributed by atoms with Crippen LogP contribution in [0.5, 0.6) is 17.2 Å². The van der Waals surface area contributed by atoms with E-state index < -0.39 is 23.6 Å². The maximum absolute atomic E-state index is 12.8. The molecule has 1 fully saturated rings. The minimum absolute atomic E-state index is 0.160. The highest BCUT2D eigenvalue weighted by atomic mass is 35.5. The van der Waals surface area contributed by atoms with Crippen molar-refractivity contribution in [2.75, 3.05) is 31.7 Å². The van der Waals surface area contributed by atoms with Crippen LogP contribution in [0.15, 0.2) is 41.3 Å². The van der Waals surface area contributed by atoms with Crippen LogP contribution in [0.25, 0.3) is 6.08 Å². The summed E-state index contributed by atoms with van der Waals surface area (Å²) in [7, 11) is 0. The number of anilines is 1. The lowest BCUT2D eigenvalue weighted by Gasteiger charge is -2.13. The molecule has 0 aromatic heterocycles. The van der Waals surface area contributed by atoms with Gasteiger partial charge in [0, 0.05) is 11.8 Å². The topological polar surface area (TPSA) is 94.2 Å². The molecule has 8 nitrogen and oxygen atoms in total. The number of carbonyl (C=O) groups is 3. The van der Waals surface area contributed by atoms with Crippen LogP contribution >= 0.6 is 23.4 Å². The number of carbonyl (C=O) groups excluding carboxylic acids is 3. The Hall–Kier alpha value is -3.17. The summed E-state index contributed by atoms with van der Waals surface area (Å²) in [5.41, 5.74) is 1.03. The summed E-state index contributed by atoms with van der Waals surface area (Å²) in [5, 5.41) is 2.47. The molecule has 1 heterocycles. The van der Waals surface area contributed by atoms with Crippen LogP contribution in [0.4, 0.5) is 10.5 Å². The lowest BCUT2D eigenvalue weighted by atomic mass is 10.1. The second-order valence-electron chi connectivity index (χ2n) is 6.96. The molecule has 3 amide bonds. The van der Waals surface area contributed by atoms with Crippen molar-refractivity contribution < 1.29 is 28.6 Å².